The number of oxime groups is 1. The minimum atomic E-state index is 0.315. The summed E-state index contributed by atoms with van der Waals surface area (Å²) in [6.45, 7) is 7.29. The number of likely N-dealkylation sites (tertiary alicyclic amines) is 1. The van der Waals surface area contributed by atoms with E-state index in [1.54, 1.807) is 0 Å². The molecule has 0 aromatic heterocycles. The number of nitrogens with zero attached hydrogens (tertiary/aromatic N) is 2. The Morgan fingerprint density at radius 2 is 1.87 bits per heavy atom. The smallest absolute Gasteiger partial charge is 0.153 e. The van der Waals surface area contributed by atoms with Crippen LogP contribution in [0.1, 0.15) is 39.5 Å². The largest absolute Gasteiger partial charge is 0.409 e. The Labute approximate surface area is 92.1 Å². The van der Waals surface area contributed by atoms with Crippen molar-refractivity contribution in [1.82, 2.24) is 4.90 Å². The highest BCUT2D eigenvalue weighted by Crippen LogP contribution is 2.37. The third kappa shape index (κ3) is 3.09. The Morgan fingerprint density at radius 1 is 1.33 bits per heavy atom. The van der Waals surface area contributed by atoms with Crippen LogP contribution in [0.15, 0.2) is 5.16 Å². The minimum absolute atomic E-state index is 0.315. The van der Waals surface area contributed by atoms with E-state index in [0.717, 1.165) is 13.1 Å². The van der Waals surface area contributed by atoms with Crippen LogP contribution in [-0.2, 0) is 0 Å². The van der Waals surface area contributed by atoms with Crippen molar-refractivity contribution in [2.24, 2.45) is 16.3 Å². The van der Waals surface area contributed by atoms with E-state index in [1.807, 2.05) is 0 Å². The number of piperidine rings is 1. The van der Waals surface area contributed by atoms with Crippen LogP contribution >= 0.6 is 0 Å². The van der Waals surface area contributed by atoms with Gasteiger partial charge >= 0.3 is 0 Å². The summed E-state index contributed by atoms with van der Waals surface area (Å²) in [7, 11) is 0. The van der Waals surface area contributed by atoms with Crippen LogP contribution in [0.3, 0.4) is 0 Å². The first kappa shape index (κ1) is 12.3. The summed E-state index contributed by atoms with van der Waals surface area (Å²) in [5.74, 6) is 0.315. The second kappa shape index (κ2) is 5.35. The monoisotopic (exact) mass is 213 g/mol. The van der Waals surface area contributed by atoms with E-state index in [1.165, 1.54) is 25.7 Å². The van der Waals surface area contributed by atoms with Crippen LogP contribution in [0.2, 0.25) is 0 Å². The summed E-state index contributed by atoms with van der Waals surface area (Å²) >= 11 is 0. The van der Waals surface area contributed by atoms with Gasteiger partial charge in [0.25, 0.3) is 0 Å². The van der Waals surface area contributed by atoms with E-state index in [9.17, 15) is 0 Å². The van der Waals surface area contributed by atoms with E-state index in [2.05, 4.69) is 23.9 Å². The molecule has 1 fully saturated rings. The predicted octanol–water partition coefficient (Wildman–Crippen LogP) is 1.63. The molecule has 0 bridgehead atoms. The van der Waals surface area contributed by atoms with Crippen molar-refractivity contribution >= 4 is 5.84 Å². The summed E-state index contributed by atoms with van der Waals surface area (Å²) in [6, 6.07) is 0. The molecule has 4 nitrogen and oxygen atoms in total. The van der Waals surface area contributed by atoms with Crippen LogP contribution < -0.4 is 5.73 Å². The van der Waals surface area contributed by atoms with Crippen molar-refractivity contribution in [1.29, 1.82) is 0 Å². The van der Waals surface area contributed by atoms with Gasteiger partial charge in [-0.15, -0.1) is 0 Å². The molecule has 0 unspecified atom stereocenters. The zero-order chi connectivity index (χ0) is 11.3. The molecule has 3 N–H and O–H groups in total. The van der Waals surface area contributed by atoms with Crippen molar-refractivity contribution in [3.63, 3.8) is 0 Å². The average Bonchev–Trinajstić information content (AvgIpc) is 2.30. The molecule has 1 heterocycles. The van der Waals surface area contributed by atoms with Crippen LogP contribution in [-0.4, -0.2) is 35.6 Å². The quantitative estimate of drug-likeness (QED) is 0.323. The van der Waals surface area contributed by atoms with Crippen LogP contribution in [0.4, 0.5) is 0 Å². The summed E-state index contributed by atoms with van der Waals surface area (Å²) in [5, 5.41) is 11.5. The van der Waals surface area contributed by atoms with Gasteiger partial charge in [-0.05, 0) is 31.3 Å². The van der Waals surface area contributed by atoms with E-state index in [-0.39, 0.29) is 0 Å². The van der Waals surface area contributed by atoms with E-state index >= 15 is 0 Å². The number of hydrogen-bond acceptors (Lipinski definition) is 3. The maximum absolute atomic E-state index is 8.50. The highest BCUT2D eigenvalue weighted by atomic mass is 16.4. The van der Waals surface area contributed by atoms with Gasteiger partial charge in [-0.25, -0.2) is 0 Å². The van der Waals surface area contributed by atoms with E-state index in [0.29, 0.717) is 17.8 Å². The van der Waals surface area contributed by atoms with E-state index in [4.69, 9.17) is 10.9 Å². The van der Waals surface area contributed by atoms with Crippen molar-refractivity contribution in [2.75, 3.05) is 19.6 Å². The molecule has 0 atom stereocenters. The zero-order valence-electron chi connectivity index (χ0n) is 9.87. The third-order valence-electron chi connectivity index (χ3n) is 3.93. The Morgan fingerprint density at radius 3 is 2.27 bits per heavy atom. The molecule has 0 saturated carbocycles. The van der Waals surface area contributed by atoms with Gasteiger partial charge in [0.05, 0.1) is 6.54 Å². The molecule has 0 aliphatic carbocycles. The summed E-state index contributed by atoms with van der Waals surface area (Å²) in [5.41, 5.74) is 6.04. The average molecular weight is 213 g/mol. The fourth-order valence-electron chi connectivity index (χ4n) is 2.40. The highest BCUT2D eigenvalue weighted by Gasteiger charge is 2.31. The van der Waals surface area contributed by atoms with Crippen molar-refractivity contribution < 1.29 is 5.21 Å². The molecule has 0 amide bonds. The Balaban J connectivity index is 2.41. The molecule has 1 aliphatic heterocycles. The maximum atomic E-state index is 8.50. The maximum Gasteiger partial charge on any atom is 0.153 e. The van der Waals surface area contributed by atoms with Gasteiger partial charge in [0.15, 0.2) is 5.84 Å². The van der Waals surface area contributed by atoms with E-state index < -0.39 is 0 Å². The molecule has 0 spiro atoms. The minimum Gasteiger partial charge on any atom is -0.409 e. The molecule has 0 aromatic rings. The summed E-state index contributed by atoms with van der Waals surface area (Å²) in [6.07, 6.45) is 5.00. The van der Waals surface area contributed by atoms with Crippen molar-refractivity contribution in [3.8, 4) is 0 Å². The Hall–Kier alpha value is -0.770. The highest BCUT2D eigenvalue weighted by molar-refractivity contribution is 5.81. The number of rotatable bonds is 4. The van der Waals surface area contributed by atoms with Gasteiger partial charge in [-0.3, -0.25) is 4.90 Å². The molecule has 1 saturated heterocycles. The van der Waals surface area contributed by atoms with Gasteiger partial charge in [0.1, 0.15) is 0 Å². The third-order valence-corrected chi connectivity index (χ3v) is 3.93. The molecule has 0 aromatic carbocycles. The standard InChI is InChI=1S/C11H23N3O/c1-3-11(4-2)5-7-14(8-6-11)9-10(12)13-15/h15H,3-9H2,1-2H3,(H2,12,13). The van der Waals surface area contributed by atoms with Gasteiger partial charge in [-0.1, -0.05) is 31.8 Å². The normalized spacial score (nSPS) is 22.9. The lowest BCUT2D eigenvalue weighted by atomic mass is 9.74. The molecule has 15 heavy (non-hydrogen) atoms. The lowest BCUT2D eigenvalue weighted by Crippen LogP contribution is -2.43. The van der Waals surface area contributed by atoms with Crippen molar-refractivity contribution in [2.45, 2.75) is 39.5 Å². The first-order valence-electron chi connectivity index (χ1n) is 5.84. The Bertz CT molecular complexity index is 214. The lowest BCUT2D eigenvalue weighted by Gasteiger charge is -2.40. The summed E-state index contributed by atoms with van der Waals surface area (Å²) < 4.78 is 0. The van der Waals surface area contributed by atoms with Gasteiger partial charge < -0.3 is 10.9 Å². The molecular weight excluding hydrogens is 190 g/mol. The molecular formula is C11H23N3O. The number of amidine groups is 1. The van der Waals surface area contributed by atoms with Crippen LogP contribution in [0.25, 0.3) is 0 Å². The number of hydrogen-bond donors (Lipinski definition) is 2. The molecule has 4 heteroatoms. The molecule has 1 aliphatic rings. The van der Waals surface area contributed by atoms with Crippen LogP contribution in [0.5, 0.6) is 0 Å². The predicted molar refractivity (Wildman–Crippen MR) is 62.1 cm³/mol. The Kier molecular flexibility index (Phi) is 4.39. The molecule has 88 valence electrons. The SMILES string of the molecule is CCC1(CC)CCN(CC(N)=NO)CC1. The molecule has 0 radical (unpaired) electrons. The first-order valence-corrected chi connectivity index (χ1v) is 5.84. The van der Waals surface area contributed by atoms with Gasteiger partial charge in [0, 0.05) is 0 Å². The van der Waals surface area contributed by atoms with Gasteiger partial charge in [0.2, 0.25) is 0 Å². The topological polar surface area (TPSA) is 61.8 Å². The fraction of sp³-hybridized carbons (Fsp3) is 0.909. The van der Waals surface area contributed by atoms with Crippen LogP contribution in [0, 0.1) is 5.41 Å². The second-order valence-electron chi connectivity index (χ2n) is 4.57. The fourth-order valence-corrected chi connectivity index (χ4v) is 2.40. The lowest BCUT2D eigenvalue weighted by molar-refractivity contribution is 0.105. The first-order chi connectivity index (χ1) is 7.15. The summed E-state index contributed by atoms with van der Waals surface area (Å²) in [4.78, 5) is 2.26. The number of nitrogens with two attached hydrogens (primary N) is 1. The van der Waals surface area contributed by atoms with Gasteiger partial charge in [-0.2, -0.15) is 0 Å². The zero-order valence-corrected chi connectivity index (χ0v) is 9.87. The molecule has 1 rings (SSSR count). The second-order valence-corrected chi connectivity index (χ2v) is 4.57. The van der Waals surface area contributed by atoms with Crippen molar-refractivity contribution in [3.05, 3.63) is 0 Å².